The maximum absolute atomic E-state index is 12.7. The fourth-order valence-electron chi connectivity index (χ4n) is 3.02. The monoisotopic (exact) mass is 328 g/mol. The quantitative estimate of drug-likeness (QED) is 0.843. The van der Waals surface area contributed by atoms with E-state index < -0.39 is 0 Å². The number of nitrogens with zero attached hydrogens (tertiary/aromatic N) is 4. The van der Waals surface area contributed by atoms with Gasteiger partial charge in [-0.1, -0.05) is 18.1 Å². The van der Waals surface area contributed by atoms with Gasteiger partial charge in [-0.25, -0.2) is 0 Å². The molecule has 0 atom stereocenters. The highest BCUT2D eigenvalue weighted by Gasteiger charge is 2.25. The average molecular weight is 328 g/mol. The molecule has 1 aliphatic heterocycles. The van der Waals surface area contributed by atoms with E-state index in [9.17, 15) is 4.79 Å². The van der Waals surface area contributed by atoms with Gasteiger partial charge in [0.2, 0.25) is 0 Å². The molecule has 6 nitrogen and oxygen atoms in total. The number of hydrogen-bond acceptors (Lipinski definition) is 5. The third kappa shape index (κ3) is 3.64. The summed E-state index contributed by atoms with van der Waals surface area (Å²) in [7, 11) is 0. The van der Waals surface area contributed by atoms with E-state index in [4.69, 9.17) is 4.52 Å². The number of hydrogen-bond donors (Lipinski definition) is 0. The molecule has 0 bridgehead atoms. The minimum Gasteiger partial charge on any atom is -0.361 e. The Balaban J connectivity index is 1.58. The van der Waals surface area contributed by atoms with E-state index in [1.165, 1.54) is 5.56 Å². The van der Waals surface area contributed by atoms with Crippen LogP contribution in [0.3, 0.4) is 0 Å². The molecule has 1 aliphatic rings. The molecule has 1 amide bonds. The van der Waals surface area contributed by atoms with Gasteiger partial charge in [0, 0.05) is 45.3 Å². The van der Waals surface area contributed by atoms with Gasteiger partial charge in [0.05, 0.1) is 11.9 Å². The minimum absolute atomic E-state index is 0.0355. The Morgan fingerprint density at radius 2 is 2.08 bits per heavy atom. The Morgan fingerprint density at radius 3 is 2.79 bits per heavy atom. The van der Waals surface area contributed by atoms with E-state index >= 15 is 0 Å². The number of pyridine rings is 1. The molecule has 3 heterocycles. The molecule has 0 N–H and O–H groups in total. The second-order valence-electron chi connectivity index (χ2n) is 6.25. The predicted molar refractivity (Wildman–Crippen MR) is 90.7 cm³/mol. The van der Waals surface area contributed by atoms with Crippen LogP contribution in [0.25, 0.3) is 0 Å². The fourth-order valence-corrected chi connectivity index (χ4v) is 3.02. The molecule has 2 aromatic rings. The third-order valence-corrected chi connectivity index (χ3v) is 4.50. The normalized spacial score (nSPS) is 15.7. The molecule has 3 rings (SSSR count). The van der Waals surface area contributed by atoms with Crippen molar-refractivity contribution in [3.8, 4) is 0 Å². The van der Waals surface area contributed by atoms with Crippen molar-refractivity contribution in [3.63, 3.8) is 0 Å². The Bertz CT molecular complexity index is 690. The van der Waals surface area contributed by atoms with Gasteiger partial charge in [-0.2, -0.15) is 0 Å². The van der Waals surface area contributed by atoms with Gasteiger partial charge < -0.3 is 9.42 Å². The highest BCUT2D eigenvalue weighted by molar-refractivity contribution is 5.94. The van der Waals surface area contributed by atoms with Gasteiger partial charge in [-0.3, -0.25) is 14.7 Å². The average Bonchev–Trinajstić information content (AvgIpc) is 3.06. The van der Waals surface area contributed by atoms with Crippen LogP contribution in [0.5, 0.6) is 0 Å². The minimum atomic E-state index is 0.0355. The first-order valence-corrected chi connectivity index (χ1v) is 8.54. The summed E-state index contributed by atoms with van der Waals surface area (Å²) >= 11 is 0. The summed E-state index contributed by atoms with van der Waals surface area (Å²) in [4.78, 5) is 21.4. The number of aromatic nitrogens is 2. The highest BCUT2D eigenvalue weighted by Crippen LogP contribution is 2.16. The first-order chi connectivity index (χ1) is 11.7. The van der Waals surface area contributed by atoms with Crippen LogP contribution in [0.2, 0.25) is 0 Å². The maximum atomic E-state index is 12.7. The second-order valence-corrected chi connectivity index (χ2v) is 6.25. The van der Waals surface area contributed by atoms with Crippen molar-refractivity contribution in [2.45, 2.75) is 33.2 Å². The lowest BCUT2D eigenvalue weighted by Crippen LogP contribution is -2.48. The standard InChI is InChI=1S/C18H24N4O2/c1-3-5-17-15(12-20-24-17)18(23)22-10-8-21(9-11-22)13-16-14(2)6-4-7-19-16/h4,6-7,12H,3,5,8-11,13H2,1-2H3. The van der Waals surface area contributed by atoms with Crippen molar-refractivity contribution >= 4 is 5.91 Å². The summed E-state index contributed by atoms with van der Waals surface area (Å²) in [5, 5.41) is 3.80. The van der Waals surface area contributed by atoms with Crippen LogP contribution < -0.4 is 0 Å². The number of aryl methyl sites for hydroxylation is 2. The Kier molecular flexibility index (Phi) is 5.25. The first-order valence-electron chi connectivity index (χ1n) is 8.54. The number of amides is 1. The number of piperazine rings is 1. The summed E-state index contributed by atoms with van der Waals surface area (Å²) in [5.74, 6) is 0.738. The summed E-state index contributed by atoms with van der Waals surface area (Å²) < 4.78 is 5.21. The van der Waals surface area contributed by atoms with Gasteiger partial charge in [0.25, 0.3) is 5.91 Å². The van der Waals surface area contributed by atoms with Crippen LogP contribution in [-0.4, -0.2) is 52.0 Å². The van der Waals surface area contributed by atoms with Crippen molar-refractivity contribution < 1.29 is 9.32 Å². The van der Waals surface area contributed by atoms with E-state index in [0.717, 1.165) is 51.3 Å². The van der Waals surface area contributed by atoms with Gasteiger partial charge in [-0.15, -0.1) is 0 Å². The molecule has 1 fully saturated rings. The summed E-state index contributed by atoms with van der Waals surface area (Å²) in [6.07, 6.45) is 5.08. The topological polar surface area (TPSA) is 62.5 Å². The van der Waals surface area contributed by atoms with Gasteiger partial charge >= 0.3 is 0 Å². The van der Waals surface area contributed by atoms with Gasteiger partial charge in [-0.05, 0) is 25.0 Å². The molecular weight excluding hydrogens is 304 g/mol. The molecular formula is C18H24N4O2. The molecule has 1 saturated heterocycles. The Labute approximate surface area is 142 Å². The van der Waals surface area contributed by atoms with E-state index in [2.05, 4.69) is 35.0 Å². The lowest BCUT2D eigenvalue weighted by molar-refractivity contribution is 0.0624. The first kappa shape index (κ1) is 16.6. The van der Waals surface area contributed by atoms with Gasteiger partial charge in [0.15, 0.2) is 0 Å². The zero-order chi connectivity index (χ0) is 16.9. The van der Waals surface area contributed by atoms with Crippen LogP contribution in [0, 0.1) is 6.92 Å². The van der Waals surface area contributed by atoms with Crippen molar-refractivity contribution in [1.82, 2.24) is 19.9 Å². The lowest BCUT2D eigenvalue weighted by atomic mass is 10.1. The molecule has 0 aliphatic carbocycles. The number of carbonyl (C=O) groups excluding carboxylic acids is 1. The SMILES string of the molecule is CCCc1oncc1C(=O)N1CCN(Cc2ncccc2C)CC1. The van der Waals surface area contributed by atoms with Crippen LogP contribution in [-0.2, 0) is 13.0 Å². The van der Waals surface area contributed by atoms with Crippen molar-refractivity contribution in [2.24, 2.45) is 0 Å². The molecule has 128 valence electrons. The second kappa shape index (κ2) is 7.57. The Morgan fingerprint density at radius 1 is 1.29 bits per heavy atom. The lowest BCUT2D eigenvalue weighted by Gasteiger charge is -2.34. The van der Waals surface area contributed by atoms with E-state index in [-0.39, 0.29) is 5.91 Å². The maximum Gasteiger partial charge on any atom is 0.259 e. The summed E-state index contributed by atoms with van der Waals surface area (Å²) in [6.45, 7) is 8.15. The zero-order valence-corrected chi connectivity index (χ0v) is 14.4. The number of carbonyl (C=O) groups is 1. The predicted octanol–water partition coefficient (Wildman–Crippen LogP) is 2.29. The third-order valence-electron chi connectivity index (χ3n) is 4.50. The molecule has 0 unspecified atom stereocenters. The largest absolute Gasteiger partial charge is 0.361 e. The van der Waals surface area contributed by atoms with Crippen molar-refractivity contribution in [1.29, 1.82) is 0 Å². The molecule has 0 saturated carbocycles. The van der Waals surface area contributed by atoms with Crippen LogP contribution >= 0.6 is 0 Å². The van der Waals surface area contributed by atoms with E-state index in [1.807, 2.05) is 17.2 Å². The van der Waals surface area contributed by atoms with Gasteiger partial charge in [0.1, 0.15) is 11.3 Å². The zero-order valence-electron chi connectivity index (χ0n) is 14.4. The molecule has 24 heavy (non-hydrogen) atoms. The number of rotatable bonds is 5. The highest BCUT2D eigenvalue weighted by atomic mass is 16.5. The Hall–Kier alpha value is -2.21. The molecule has 0 aromatic carbocycles. The molecule has 0 spiro atoms. The fraction of sp³-hybridized carbons (Fsp3) is 0.500. The van der Waals surface area contributed by atoms with Crippen LogP contribution in [0.4, 0.5) is 0 Å². The van der Waals surface area contributed by atoms with Crippen LogP contribution in [0.1, 0.15) is 40.7 Å². The van der Waals surface area contributed by atoms with E-state index in [0.29, 0.717) is 11.3 Å². The van der Waals surface area contributed by atoms with Crippen molar-refractivity contribution in [2.75, 3.05) is 26.2 Å². The molecule has 0 radical (unpaired) electrons. The molecule has 2 aromatic heterocycles. The molecule has 6 heteroatoms. The summed E-state index contributed by atoms with van der Waals surface area (Å²) in [6, 6.07) is 4.05. The smallest absolute Gasteiger partial charge is 0.259 e. The van der Waals surface area contributed by atoms with Crippen LogP contribution in [0.15, 0.2) is 29.0 Å². The van der Waals surface area contributed by atoms with Crippen molar-refractivity contribution in [3.05, 3.63) is 47.1 Å². The van der Waals surface area contributed by atoms with E-state index in [1.54, 1.807) is 6.20 Å². The summed E-state index contributed by atoms with van der Waals surface area (Å²) in [5.41, 5.74) is 2.94.